The summed E-state index contributed by atoms with van der Waals surface area (Å²) in [5.74, 6) is 0.903. The van der Waals surface area contributed by atoms with E-state index in [0.29, 0.717) is 12.5 Å². The minimum absolute atomic E-state index is 0.0544. The van der Waals surface area contributed by atoms with Gasteiger partial charge in [0.15, 0.2) is 0 Å². The maximum Gasteiger partial charge on any atom is 0.234 e. The zero-order valence-electron chi connectivity index (χ0n) is 16.9. The molecule has 0 aliphatic carbocycles. The van der Waals surface area contributed by atoms with E-state index in [0.717, 1.165) is 29.8 Å². The first-order valence-electron chi connectivity index (χ1n) is 10.4. The zero-order valence-corrected chi connectivity index (χ0v) is 16.9. The van der Waals surface area contributed by atoms with Gasteiger partial charge in [-0.25, -0.2) is 0 Å². The van der Waals surface area contributed by atoms with E-state index < -0.39 is 0 Å². The Morgan fingerprint density at radius 3 is 2.20 bits per heavy atom. The van der Waals surface area contributed by atoms with Crippen molar-refractivity contribution in [3.63, 3.8) is 0 Å². The molecular formula is C26H27N2O2. The molecule has 1 unspecified atom stereocenters. The summed E-state index contributed by atoms with van der Waals surface area (Å²) in [5.41, 5.74) is 9.16. The molecule has 4 rings (SSSR count). The van der Waals surface area contributed by atoms with Crippen LogP contribution in [0.4, 0.5) is 0 Å². The molecule has 0 bridgehead atoms. The van der Waals surface area contributed by atoms with Gasteiger partial charge in [0.25, 0.3) is 0 Å². The van der Waals surface area contributed by atoms with Gasteiger partial charge in [0.05, 0.1) is 6.04 Å². The molecule has 1 amide bonds. The number of carbonyl (C=O) groups excluding carboxylic acids is 1. The SMILES string of the molecule is NC(=O)C1NC[C@@H](Cc2ccccc2)[C@@H]1[CH]c1ccc(OCc2ccccc2)cc1. The van der Waals surface area contributed by atoms with Crippen LogP contribution in [0.2, 0.25) is 0 Å². The fourth-order valence-corrected chi connectivity index (χ4v) is 4.11. The van der Waals surface area contributed by atoms with Crippen LogP contribution >= 0.6 is 0 Å². The lowest BCUT2D eigenvalue weighted by Gasteiger charge is -2.22. The minimum Gasteiger partial charge on any atom is -0.489 e. The summed E-state index contributed by atoms with van der Waals surface area (Å²) in [4.78, 5) is 12.0. The second-order valence-corrected chi connectivity index (χ2v) is 7.83. The molecule has 1 radical (unpaired) electrons. The number of hydrogen-bond donors (Lipinski definition) is 2. The summed E-state index contributed by atoms with van der Waals surface area (Å²) >= 11 is 0. The van der Waals surface area contributed by atoms with Crippen LogP contribution in [-0.4, -0.2) is 18.5 Å². The van der Waals surface area contributed by atoms with Crippen LogP contribution in [0.15, 0.2) is 84.9 Å². The van der Waals surface area contributed by atoms with Crippen molar-refractivity contribution >= 4 is 5.91 Å². The molecule has 0 saturated carbocycles. The predicted molar refractivity (Wildman–Crippen MR) is 119 cm³/mol. The molecule has 153 valence electrons. The smallest absolute Gasteiger partial charge is 0.234 e. The van der Waals surface area contributed by atoms with Gasteiger partial charge in [-0.3, -0.25) is 4.79 Å². The third kappa shape index (κ3) is 5.08. The zero-order chi connectivity index (χ0) is 20.8. The molecule has 3 atom stereocenters. The summed E-state index contributed by atoms with van der Waals surface area (Å²) in [6, 6.07) is 28.2. The van der Waals surface area contributed by atoms with E-state index in [-0.39, 0.29) is 17.9 Å². The van der Waals surface area contributed by atoms with Gasteiger partial charge in [-0.1, -0.05) is 72.8 Å². The third-order valence-electron chi connectivity index (χ3n) is 5.69. The number of nitrogens with two attached hydrogens (primary N) is 1. The Morgan fingerprint density at radius 1 is 0.933 bits per heavy atom. The van der Waals surface area contributed by atoms with Crippen molar-refractivity contribution in [1.29, 1.82) is 0 Å². The Morgan fingerprint density at radius 2 is 1.57 bits per heavy atom. The first-order valence-corrected chi connectivity index (χ1v) is 10.4. The molecular weight excluding hydrogens is 372 g/mol. The molecule has 1 saturated heterocycles. The molecule has 30 heavy (non-hydrogen) atoms. The highest BCUT2D eigenvalue weighted by atomic mass is 16.5. The van der Waals surface area contributed by atoms with Gasteiger partial charge in [0.1, 0.15) is 12.4 Å². The number of benzene rings is 3. The van der Waals surface area contributed by atoms with Crippen molar-refractivity contribution in [2.45, 2.75) is 19.1 Å². The van der Waals surface area contributed by atoms with Crippen LogP contribution < -0.4 is 15.8 Å². The van der Waals surface area contributed by atoms with E-state index in [1.165, 1.54) is 5.56 Å². The Balaban J connectivity index is 1.41. The van der Waals surface area contributed by atoms with Crippen LogP contribution in [0.3, 0.4) is 0 Å². The lowest BCUT2D eigenvalue weighted by atomic mass is 9.81. The summed E-state index contributed by atoms with van der Waals surface area (Å²) in [6.45, 7) is 1.32. The maximum absolute atomic E-state index is 12.0. The first kappa shape index (κ1) is 20.2. The van der Waals surface area contributed by atoms with Crippen LogP contribution in [0.5, 0.6) is 5.75 Å². The summed E-state index contributed by atoms with van der Waals surface area (Å²) < 4.78 is 5.88. The van der Waals surface area contributed by atoms with E-state index in [9.17, 15) is 4.79 Å². The average molecular weight is 400 g/mol. The predicted octanol–water partition coefficient (Wildman–Crippen LogP) is 3.75. The summed E-state index contributed by atoms with van der Waals surface area (Å²) in [7, 11) is 0. The highest BCUT2D eigenvalue weighted by molar-refractivity contribution is 5.81. The normalized spacial score (nSPS) is 20.7. The van der Waals surface area contributed by atoms with Crippen molar-refractivity contribution in [2.24, 2.45) is 17.6 Å². The number of rotatable bonds is 8. The molecule has 3 aromatic carbocycles. The number of primary amides is 1. The lowest BCUT2D eigenvalue weighted by molar-refractivity contribution is -0.120. The molecule has 3 aromatic rings. The van der Waals surface area contributed by atoms with Gasteiger partial charge >= 0.3 is 0 Å². The highest BCUT2D eigenvalue weighted by Gasteiger charge is 2.38. The fraction of sp³-hybridized carbons (Fsp3) is 0.231. The molecule has 1 fully saturated rings. The van der Waals surface area contributed by atoms with Crippen LogP contribution in [0, 0.1) is 18.3 Å². The minimum atomic E-state index is -0.340. The van der Waals surface area contributed by atoms with Crippen molar-refractivity contribution < 1.29 is 9.53 Å². The Labute approximate surface area is 178 Å². The molecule has 3 N–H and O–H groups in total. The molecule has 1 aliphatic rings. The van der Waals surface area contributed by atoms with Gasteiger partial charge in [0, 0.05) is 0 Å². The van der Waals surface area contributed by atoms with E-state index in [2.05, 4.69) is 36.0 Å². The van der Waals surface area contributed by atoms with Gasteiger partial charge in [0.2, 0.25) is 5.91 Å². The first-order chi connectivity index (χ1) is 14.7. The molecule has 0 spiro atoms. The molecule has 4 nitrogen and oxygen atoms in total. The number of hydrogen-bond acceptors (Lipinski definition) is 3. The molecule has 1 aliphatic heterocycles. The van der Waals surface area contributed by atoms with E-state index in [1.807, 2.05) is 60.7 Å². The summed E-state index contributed by atoms with van der Waals surface area (Å²) in [6.07, 6.45) is 3.08. The largest absolute Gasteiger partial charge is 0.489 e. The number of ether oxygens (including phenoxy) is 1. The third-order valence-corrected chi connectivity index (χ3v) is 5.69. The topological polar surface area (TPSA) is 64.4 Å². The standard InChI is InChI=1S/C26H27N2O2/c27-26(29)25-24(22(17-28-25)15-19-7-3-1-4-8-19)16-20-11-13-23(14-12-20)30-18-21-9-5-2-6-10-21/h1-14,16,22,24-25,28H,15,17-18H2,(H2,27,29)/t22-,24+,25?/m1/s1. The second-order valence-electron chi connectivity index (χ2n) is 7.83. The average Bonchev–Trinajstić information content (AvgIpc) is 3.17. The second kappa shape index (κ2) is 9.59. The van der Waals surface area contributed by atoms with Crippen LogP contribution in [-0.2, 0) is 17.8 Å². The van der Waals surface area contributed by atoms with Crippen molar-refractivity contribution in [3.8, 4) is 5.75 Å². The Kier molecular flexibility index (Phi) is 6.45. The molecule has 0 aromatic heterocycles. The van der Waals surface area contributed by atoms with Gasteiger partial charge < -0.3 is 15.8 Å². The van der Waals surface area contributed by atoms with Crippen molar-refractivity contribution in [2.75, 3.05) is 6.54 Å². The van der Waals surface area contributed by atoms with Crippen molar-refractivity contribution in [3.05, 3.63) is 108 Å². The van der Waals surface area contributed by atoms with E-state index >= 15 is 0 Å². The Hall–Kier alpha value is -3.11. The van der Waals surface area contributed by atoms with E-state index in [1.54, 1.807) is 0 Å². The monoisotopic (exact) mass is 399 g/mol. The number of carbonyl (C=O) groups is 1. The van der Waals surface area contributed by atoms with Gasteiger partial charge in [-0.05, 0) is 60.0 Å². The number of amides is 1. The van der Waals surface area contributed by atoms with Gasteiger partial charge in [-0.2, -0.15) is 0 Å². The van der Waals surface area contributed by atoms with E-state index in [4.69, 9.17) is 10.5 Å². The summed E-state index contributed by atoms with van der Waals surface area (Å²) in [5, 5.41) is 3.32. The molecule has 1 heterocycles. The molecule has 4 heteroatoms. The van der Waals surface area contributed by atoms with Crippen LogP contribution in [0.1, 0.15) is 16.7 Å². The van der Waals surface area contributed by atoms with Crippen molar-refractivity contribution in [1.82, 2.24) is 5.32 Å². The fourth-order valence-electron chi connectivity index (χ4n) is 4.11. The number of nitrogens with one attached hydrogen (secondary N) is 1. The van der Waals surface area contributed by atoms with Crippen LogP contribution in [0.25, 0.3) is 0 Å². The quantitative estimate of drug-likeness (QED) is 0.606. The Bertz CT molecular complexity index is 942. The van der Waals surface area contributed by atoms with Gasteiger partial charge in [-0.15, -0.1) is 0 Å². The lowest BCUT2D eigenvalue weighted by Crippen LogP contribution is -2.41. The maximum atomic E-state index is 12.0. The highest BCUT2D eigenvalue weighted by Crippen LogP contribution is 2.31.